The topological polar surface area (TPSA) is 87.7 Å². The number of likely N-dealkylation sites (tertiary alicyclic amines) is 1. The third-order valence-corrected chi connectivity index (χ3v) is 5.50. The van der Waals surface area contributed by atoms with E-state index in [4.69, 9.17) is 4.74 Å². The highest BCUT2D eigenvalue weighted by molar-refractivity contribution is 5.94. The first-order valence-corrected chi connectivity index (χ1v) is 9.93. The highest BCUT2D eigenvalue weighted by Crippen LogP contribution is 2.25. The molecule has 3 heterocycles. The molecule has 2 aliphatic rings. The Morgan fingerprint density at radius 1 is 1.07 bits per heavy atom. The summed E-state index contributed by atoms with van der Waals surface area (Å²) in [6.45, 7) is 4.44. The summed E-state index contributed by atoms with van der Waals surface area (Å²) >= 11 is 0. The van der Waals surface area contributed by atoms with E-state index in [9.17, 15) is 9.59 Å². The molecule has 0 aliphatic carbocycles. The van der Waals surface area contributed by atoms with Gasteiger partial charge in [-0.15, -0.1) is 0 Å². The Morgan fingerprint density at radius 2 is 1.79 bits per heavy atom. The number of carbonyl (C=O) groups excluding carboxylic acids is 2. The number of piperidine rings is 1. The molecule has 2 saturated heterocycles. The monoisotopic (exact) mass is 395 g/mol. The summed E-state index contributed by atoms with van der Waals surface area (Å²) in [6, 6.07) is 9.37. The zero-order chi connectivity index (χ0) is 20.2. The van der Waals surface area contributed by atoms with Crippen LogP contribution in [0.3, 0.4) is 0 Å². The molecule has 29 heavy (non-hydrogen) atoms. The number of anilines is 2. The normalized spacial score (nSPS) is 17.6. The number of hydrogen-bond acceptors (Lipinski definition) is 6. The molecule has 8 heteroatoms. The summed E-state index contributed by atoms with van der Waals surface area (Å²) < 4.78 is 6.02. The van der Waals surface area contributed by atoms with Crippen LogP contribution in [0, 0.1) is 5.92 Å². The van der Waals surface area contributed by atoms with E-state index in [1.165, 1.54) is 0 Å². The van der Waals surface area contributed by atoms with Crippen molar-refractivity contribution < 1.29 is 14.3 Å². The van der Waals surface area contributed by atoms with Gasteiger partial charge < -0.3 is 19.9 Å². The van der Waals surface area contributed by atoms with Gasteiger partial charge in [0, 0.05) is 51.6 Å². The van der Waals surface area contributed by atoms with Gasteiger partial charge in [-0.1, -0.05) is 0 Å². The van der Waals surface area contributed by atoms with Gasteiger partial charge in [-0.2, -0.15) is 10.2 Å². The fourth-order valence-corrected chi connectivity index (χ4v) is 3.67. The van der Waals surface area contributed by atoms with Crippen molar-refractivity contribution in [3.63, 3.8) is 0 Å². The molecular formula is C21H25N5O3. The summed E-state index contributed by atoms with van der Waals surface area (Å²) in [7, 11) is 0. The largest absolute Gasteiger partial charge is 0.490 e. The minimum atomic E-state index is -0.0365. The summed E-state index contributed by atoms with van der Waals surface area (Å²) in [5, 5.41) is 10.6. The highest BCUT2D eigenvalue weighted by atomic mass is 16.5. The smallest absolute Gasteiger partial charge is 0.231 e. The third kappa shape index (κ3) is 4.64. The molecule has 0 saturated carbocycles. The van der Waals surface area contributed by atoms with Crippen LogP contribution in [0.2, 0.25) is 0 Å². The maximum atomic E-state index is 12.4. The van der Waals surface area contributed by atoms with Crippen molar-refractivity contribution in [1.82, 2.24) is 15.1 Å². The molecule has 8 nitrogen and oxygen atoms in total. The molecule has 4 rings (SSSR count). The van der Waals surface area contributed by atoms with E-state index in [1.807, 2.05) is 35.2 Å². The lowest BCUT2D eigenvalue weighted by Crippen LogP contribution is -2.52. The van der Waals surface area contributed by atoms with E-state index in [1.54, 1.807) is 19.3 Å². The minimum Gasteiger partial charge on any atom is -0.490 e. The molecule has 2 aromatic rings. The fourth-order valence-electron chi connectivity index (χ4n) is 3.67. The molecule has 1 aromatic heterocycles. The van der Waals surface area contributed by atoms with Crippen LogP contribution >= 0.6 is 0 Å². The Balaban J connectivity index is 1.23. The molecule has 0 radical (unpaired) electrons. The first-order valence-electron chi connectivity index (χ1n) is 9.93. The minimum absolute atomic E-state index is 0.0218. The predicted octanol–water partition coefficient (Wildman–Crippen LogP) is 1.94. The van der Waals surface area contributed by atoms with Crippen molar-refractivity contribution in [3.05, 3.63) is 42.7 Å². The first kappa shape index (κ1) is 19.2. The highest BCUT2D eigenvalue weighted by Gasteiger charge is 2.33. The number of hydrogen-bond donors (Lipinski definition) is 1. The lowest BCUT2D eigenvalue weighted by Gasteiger charge is -2.39. The summed E-state index contributed by atoms with van der Waals surface area (Å²) in [6.07, 6.45) is 5.15. The van der Waals surface area contributed by atoms with Gasteiger partial charge in [0.1, 0.15) is 11.9 Å². The van der Waals surface area contributed by atoms with Gasteiger partial charge in [-0.3, -0.25) is 9.59 Å². The van der Waals surface area contributed by atoms with Gasteiger partial charge >= 0.3 is 0 Å². The zero-order valence-electron chi connectivity index (χ0n) is 16.5. The van der Waals surface area contributed by atoms with Gasteiger partial charge in [-0.25, -0.2) is 0 Å². The van der Waals surface area contributed by atoms with Gasteiger partial charge in [0.25, 0.3) is 0 Å². The molecule has 0 atom stereocenters. The maximum Gasteiger partial charge on any atom is 0.231 e. The number of carbonyl (C=O) groups is 2. The number of nitrogens with one attached hydrogen (secondary N) is 1. The molecule has 2 fully saturated rings. The van der Waals surface area contributed by atoms with E-state index >= 15 is 0 Å². The van der Waals surface area contributed by atoms with Crippen LogP contribution in [0.4, 0.5) is 11.4 Å². The summed E-state index contributed by atoms with van der Waals surface area (Å²) in [5.74, 6) is 0.888. The van der Waals surface area contributed by atoms with E-state index in [-0.39, 0.29) is 23.8 Å². The molecular weight excluding hydrogens is 370 g/mol. The lowest BCUT2D eigenvalue weighted by molar-refractivity contribution is -0.130. The second-order valence-corrected chi connectivity index (χ2v) is 7.54. The van der Waals surface area contributed by atoms with E-state index in [0.29, 0.717) is 13.1 Å². The number of ether oxygens (including phenoxy) is 1. The van der Waals surface area contributed by atoms with Gasteiger partial charge in [0.15, 0.2) is 0 Å². The number of benzene rings is 1. The number of amides is 2. The van der Waals surface area contributed by atoms with Crippen molar-refractivity contribution >= 4 is 23.2 Å². The van der Waals surface area contributed by atoms with Crippen molar-refractivity contribution in [2.24, 2.45) is 5.92 Å². The summed E-state index contributed by atoms with van der Waals surface area (Å²) in [5.41, 5.74) is 1.75. The molecule has 2 amide bonds. The molecule has 152 valence electrons. The predicted molar refractivity (Wildman–Crippen MR) is 109 cm³/mol. The van der Waals surface area contributed by atoms with Crippen LogP contribution in [0.5, 0.6) is 5.75 Å². The molecule has 1 N–H and O–H groups in total. The maximum absolute atomic E-state index is 12.4. The fraction of sp³-hybridized carbons (Fsp3) is 0.429. The van der Waals surface area contributed by atoms with Crippen LogP contribution in [0.1, 0.15) is 19.8 Å². The van der Waals surface area contributed by atoms with E-state index in [2.05, 4.69) is 20.4 Å². The number of nitrogens with zero attached hydrogens (tertiary/aromatic N) is 4. The Hall–Kier alpha value is -3.16. The Morgan fingerprint density at radius 3 is 2.41 bits per heavy atom. The zero-order valence-corrected chi connectivity index (χ0v) is 16.5. The second kappa shape index (κ2) is 8.46. The standard InChI is InChI=1S/C21H25N5O3/c1-15(27)25-10-7-20(8-11-25)29-19-4-2-17(3-5-19)24-21(28)16-13-26(14-16)18-6-9-22-23-12-18/h2-6,9,12,16,20H,7-8,10-11,13-14H2,1H3,(H,24,28). The third-order valence-electron chi connectivity index (χ3n) is 5.50. The van der Waals surface area contributed by atoms with E-state index in [0.717, 1.165) is 43.1 Å². The van der Waals surface area contributed by atoms with Crippen LogP contribution in [-0.4, -0.2) is 59.2 Å². The first-order chi connectivity index (χ1) is 14.1. The average molecular weight is 395 g/mol. The molecule has 0 unspecified atom stereocenters. The molecule has 0 spiro atoms. The van der Waals surface area contributed by atoms with Crippen LogP contribution in [0.25, 0.3) is 0 Å². The van der Waals surface area contributed by atoms with Gasteiger partial charge in [-0.05, 0) is 30.3 Å². The van der Waals surface area contributed by atoms with Crippen LogP contribution in [-0.2, 0) is 9.59 Å². The second-order valence-electron chi connectivity index (χ2n) is 7.54. The summed E-state index contributed by atoms with van der Waals surface area (Å²) in [4.78, 5) is 27.8. The number of rotatable bonds is 5. The van der Waals surface area contributed by atoms with Crippen molar-refractivity contribution in [2.75, 3.05) is 36.4 Å². The van der Waals surface area contributed by atoms with Crippen molar-refractivity contribution in [2.45, 2.75) is 25.9 Å². The SMILES string of the molecule is CC(=O)N1CCC(Oc2ccc(NC(=O)C3CN(c4ccnnc4)C3)cc2)CC1. The van der Waals surface area contributed by atoms with E-state index < -0.39 is 0 Å². The average Bonchev–Trinajstić information content (AvgIpc) is 2.69. The Kier molecular flexibility index (Phi) is 5.59. The van der Waals surface area contributed by atoms with Crippen LogP contribution < -0.4 is 15.0 Å². The quantitative estimate of drug-likeness (QED) is 0.833. The Bertz CT molecular complexity index is 844. The van der Waals surface area contributed by atoms with Gasteiger partial charge in [0.2, 0.25) is 11.8 Å². The number of aromatic nitrogens is 2. The van der Waals surface area contributed by atoms with Gasteiger partial charge in [0.05, 0.1) is 24.0 Å². The van der Waals surface area contributed by atoms with Crippen molar-refractivity contribution in [3.8, 4) is 5.75 Å². The lowest BCUT2D eigenvalue weighted by atomic mass is 9.98. The molecule has 1 aromatic carbocycles. The molecule has 0 bridgehead atoms. The Labute approximate surface area is 169 Å². The van der Waals surface area contributed by atoms with Crippen LogP contribution in [0.15, 0.2) is 42.7 Å². The van der Waals surface area contributed by atoms with Crippen molar-refractivity contribution in [1.29, 1.82) is 0 Å². The molecule has 2 aliphatic heterocycles.